The van der Waals surface area contributed by atoms with Crippen molar-refractivity contribution in [1.82, 2.24) is 25.2 Å². The molecule has 0 radical (unpaired) electrons. The molecule has 29 heavy (non-hydrogen) atoms. The van der Waals surface area contributed by atoms with Gasteiger partial charge in [0, 0.05) is 32.8 Å². The van der Waals surface area contributed by atoms with E-state index < -0.39 is 0 Å². The molecule has 3 rings (SSSR count). The van der Waals surface area contributed by atoms with E-state index in [0.29, 0.717) is 28.7 Å². The zero-order chi connectivity index (χ0) is 21.1. The molecule has 2 amide bonds. The number of rotatable bonds is 5. The summed E-state index contributed by atoms with van der Waals surface area (Å²) in [6.45, 7) is 6.33. The third-order valence-corrected chi connectivity index (χ3v) is 6.54. The number of amides is 2. The molecule has 2 heterocycles. The maximum absolute atomic E-state index is 12.5. The number of nitrogens with one attached hydrogen (secondary N) is 1. The van der Waals surface area contributed by atoms with Crippen molar-refractivity contribution in [2.45, 2.75) is 52.4 Å². The van der Waals surface area contributed by atoms with Gasteiger partial charge in [-0.05, 0) is 52.4 Å². The van der Waals surface area contributed by atoms with Gasteiger partial charge in [0.2, 0.25) is 0 Å². The zero-order valence-corrected chi connectivity index (χ0v) is 18.6. The Kier molecular flexibility index (Phi) is 6.62. The molecule has 0 bridgehead atoms. The number of hydrogen-bond donors (Lipinski definition) is 1. The van der Waals surface area contributed by atoms with Crippen molar-refractivity contribution in [3.05, 3.63) is 38.9 Å². The Bertz CT molecular complexity index is 900. The summed E-state index contributed by atoms with van der Waals surface area (Å²) < 4.78 is 0. The van der Waals surface area contributed by atoms with Crippen LogP contribution in [0.1, 0.15) is 73.9 Å². The number of nitrogens with zero attached hydrogens (tertiary/aromatic N) is 4. The van der Waals surface area contributed by atoms with E-state index in [9.17, 15) is 9.59 Å². The molecule has 1 saturated carbocycles. The molecule has 0 saturated heterocycles. The SMILES string of the molecule is Cc1ncc(C(=O)N(C)C)c(C2CCC(CNC(=O)c3sc(C)nc3C)CC2)n1. The van der Waals surface area contributed by atoms with Crippen molar-refractivity contribution in [2.75, 3.05) is 20.6 Å². The highest BCUT2D eigenvalue weighted by Crippen LogP contribution is 2.36. The Morgan fingerprint density at radius 1 is 1.14 bits per heavy atom. The fraction of sp³-hybridized carbons (Fsp3) is 0.571. The number of carbonyl (C=O) groups excluding carboxylic acids is 2. The van der Waals surface area contributed by atoms with Crippen molar-refractivity contribution >= 4 is 23.2 Å². The minimum Gasteiger partial charge on any atom is -0.351 e. The molecule has 0 unspecified atom stereocenters. The lowest BCUT2D eigenvalue weighted by atomic mass is 9.79. The fourth-order valence-corrected chi connectivity index (χ4v) is 4.74. The highest BCUT2D eigenvalue weighted by molar-refractivity contribution is 7.13. The standard InChI is InChI=1S/C21H29N5O2S/c1-12-19(29-14(3)24-12)20(27)23-10-15-6-8-16(9-7-15)18-17(21(28)26(4)5)11-22-13(2)25-18/h11,15-16H,6-10H2,1-5H3,(H,23,27). The Morgan fingerprint density at radius 3 is 2.41 bits per heavy atom. The predicted molar refractivity (Wildman–Crippen MR) is 113 cm³/mol. The number of carbonyl (C=O) groups is 2. The van der Waals surface area contributed by atoms with Crippen LogP contribution in [0.25, 0.3) is 0 Å². The number of aryl methyl sites for hydroxylation is 3. The van der Waals surface area contributed by atoms with Gasteiger partial charge in [0.05, 0.1) is 22.0 Å². The highest BCUT2D eigenvalue weighted by atomic mass is 32.1. The largest absolute Gasteiger partial charge is 0.351 e. The quantitative estimate of drug-likeness (QED) is 0.810. The third-order valence-electron chi connectivity index (χ3n) is 5.47. The predicted octanol–water partition coefficient (Wildman–Crippen LogP) is 3.26. The van der Waals surface area contributed by atoms with Crippen LogP contribution in [0, 0.1) is 26.7 Å². The van der Waals surface area contributed by atoms with Crippen LogP contribution in [0.2, 0.25) is 0 Å². The van der Waals surface area contributed by atoms with Gasteiger partial charge in [-0.1, -0.05) is 0 Å². The van der Waals surface area contributed by atoms with Crippen molar-refractivity contribution in [3.63, 3.8) is 0 Å². The molecule has 0 spiro atoms. The number of hydrogen-bond acceptors (Lipinski definition) is 6. The molecule has 0 aromatic carbocycles. The van der Waals surface area contributed by atoms with Gasteiger partial charge in [0.25, 0.3) is 11.8 Å². The minimum atomic E-state index is -0.0513. The third kappa shape index (κ3) is 4.98. The molecule has 0 aliphatic heterocycles. The monoisotopic (exact) mass is 415 g/mol. The van der Waals surface area contributed by atoms with Gasteiger partial charge in [-0.2, -0.15) is 0 Å². The van der Waals surface area contributed by atoms with Crippen LogP contribution < -0.4 is 5.32 Å². The van der Waals surface area contributed by atoms with Crippen LogP contribution in [0.3, 0.4) is 0 Å². The molecule has 0 atom stereocenters. The number of aromatic nitrogens is 3. The second kappa shape index (κ2) is 8.98. The Morgan fingerprint density at radius 2 is 1.83 bits per heavy atom. The Labute approximate surface area is 176 Å². The first-order valence-electron chi connectivity index (χ1n) is 10.0. The van der Waals surface area contributed by atoms with Crippen molar-refractivity contribution < 1.29 is 9.59 Å². The summed E-state index contributed by atoms with van der Waals surface area (Å²) in [7, 11) is 3.50. The van der Waals surface area contributed by atoms with Gasteiger partial charge in [-0.3, -0.25) is 9.59 Å². The Balaban J connectivity index is 1.60. The lowest BCUT2D eigenvalue weighted by Crippen LogP contribution is -2.31. The molecular formula is C21H29N5O2S. The fourth-order valence-electron chi connectivity index (χ4n) is 3.90. The first-order chi connectivity index (χ1) is 13.8. The van der Waals surface area contributed by atoms with Crippen LogP contribution >= 0.6 is 11.3 Å². The summed E-state index contributed by atoms with van der Waals surface area (Å²) in [6.07, 6.45) is 5.59. The van der Waals surface area contributed by atoms with Crippen LogP contribution in [0.4, 0.5) is 0 Å². The summed E-state index contributed by atoms with van der Waals surface area (Å²) in [5, 5.41) is 3.99. The van der Waals surface area contributed by atoms with Crippen molar-refractivity contribution in [3.8, 4) is 0 Å². The van der Waals surface area contributed by atoms with E-state index >= 15 is 0 Å². The summed E-state index contributed by atoms with van der Waals surface area (Å²) >= 11 is 1.44. The number of thiazole rings is 1. The Hall–Kier alpha value is -2.35. The molecule has 8 heteroatoms. The molecule has 156 valence electrons. The van der Waals surface area contributed by atoms with E-state index in [1.165, 1.54) is 11.3 Å². The van der Waals surface area contributed by atoms with Gasteiger partial charge < -0.3 is 10.2 Å². The maximum atomic E-state index is 12.5. The molecular weight excluding hydrogens is 386 g/mol. The molecule has 1 fully saturated rings. The normalized spacial score (nSPS) is 19.1. The summed E-state index contributed by atoms with van der Waals surface area (Å²) in [4.78, 5) is 40.4. The van der Waals surface area contributed by atoms with Crippen LogP contribution in [-0.4, -0.2) is 52.3 Å². The van der Waals surface area contributed by atoms with Crippen LogP contribution in [0.15, 0.2) is 6.20 Å². The molecule has 7 nitrogen and oxygen atoms in total. The van der Waals surface area contributed by atoms with Gasteiger partial charge in [-0.25, -0.2) is 15.0 Å². The van der Waals surface area contributed by atoms with Gasteiger partial charge >= 0.3 is 0 Å². The highest BCUT2D eigenvalue weighted by Gasteiger charge is 2.28. The average molecular weight is 416 g/mol. The van der Waals surface area contributed by atoms with E-state index in [2.05, 4.69) is 20.3 Å². The summed E-state index contributed by atoms with van der Waals surface area (Å²) in [5.41, 5.74) is 2.27. The minimum absolute atomic E-state index is 0.0273. The topological polar surface area (TPSA) is 88.1 Å². The summed E-state index contributed by atoms with van der Waals surface area (Å²) in [5.74, 6) is 1.32. The lowest BCUT2D eigenvalue weighted by Gasteiger charge is -2.29. The molecule has 2 aromatic heterocycles. The van der Waals surface area contributed by atoms with E-state index in [1.54, 1.807) is 25.2 Å². The first-order valence-corrected chi connectivity index (χ1v) is 10.8. The lowest BCUT2D eigenvalue weighted by molar-refractivity contribution is 0.0823. The van der Waals surface area contributed by atoms with E-state index in [1.807, 2.05) is 20.8 Å². The molecule has 1 N–H and O–H groups in total. The van der Waals surface area contributed by atoms with E-state index in [4.69, 9.17) is 0 Å². The van der Waals surface area contributed by atoms with Crippen LogP contribution in [0.5, 0.6) is 0 Å². The smallest absolute Gasteiger partial charge is 0.263 e. The van der Waals surface area contributed by atoms with Gasteiger partial charge in [0.15, 0.2) is 0 Å². The second-order valence-electron chi connectivity index (χ2n) is 7.99. The molecule has 1 aliphatic carbocycles. The summed E-state index contributed by atoms with van der Waals surface area (Å²) in [6, 6.07) is 0. The van der Waals surface area contributed by atoms with Gasteiger partial charge in [-0.15, -0.1) is 11.3 Å². The maximum Gasteiger partial charge on any atom is 0.263 e. The van der Waals surface area contributed by atoms with Crippen molar-refractivity contribution in [2.24, 2.45) is 5.92 Å². The molecule has 2 aromatic rings. The zero-order valence-electron chi connectivity index (χ0n) is 17.8. The second-order valence-corrected chi connectivity index (χ2v) is 9.19. The van der Waals surface area contributed by atoms with Crippen molar-refractivity contribution in [1.29, 1.82) is 0 Å². The first kappa shape index (κ1) is 21.4. The molecule has 1 aliphatic rings. The van der Waals surface area contributed by atoms with E-state index in [-0.39, 0.29) is 17.7 Å². The van der Waals surface area contributed by atoms with Crippen LogP contribution in [-0.2, 0) is 0 Å². The van der Waals surface area contributed by atoms with Gasteiger partial charge in [0.1, 0.15) is 10.7 Å². The van der Waals surface area contributed by atoms with E-state index in [0.717, 1.165) is 42.1 Å². The average Bonchev–Trinajstić information content (AvgIpc) is 3.04.